The van der Waals surface area contributed by atoms with Gasteiger partial charge in [0.05, 0.1) is 17.7 Å². The van der Waals surface area contributed by atoms with Crippen LogP contribution in [0.5, 0.6) is 0 Å². The van der Waals surface area contributed by atoms with E-state index in [1.165, 1.54) is 0 Å². The number of hydrogen-bond acceptors (Lipinski definition) is 4. The van der Waals surface area contributed by atoms with E-state index in [0.29, 0.717) is 17.5 Å². The number of nitrogens with one attached hydrogen (secondary N) is 2. The number of amides is 2. The summed E-state index contributed by atoms with van der Waals surface area (Å²) in [7, 11) is 0. The number of likely N-dealkylation sites (tertiary alicyclic amines) is 1. The van der Waals surface area contributed by atoms with Crippen molar-refractivity contribution in [1.82, 2.24) is 15.5 Å². The molecule has 6 heteroatoms. The molecule has 0 aliphatic carbocycles. The predicted molar refractivity (Wildman–Crippen MR) is 79.6 cm³/mol. The summed E-state index contributed by atoms with van der Waals surface area (Å²) in [5.41, 5.74) is 0. The smallest absolute Gasteiger partial charge is 0.232 e. The average molecular weight is 297 g/mol. The van der Waals surface area contributed by atoms with E-state index in [9.17, 15) is 9.59 Å². The molecular formula is C14H23N3O2S. The summed E-state index contributed by atoms with van der Waals surface area (Å²) in [4.78, 5) is 26.1. The summed E-state index contributed by atoms with van der Waals surface area (Å²) in [6.45, 7) is 3.60. The maximum Gasteiger partial charge on any atom is 0.232 e. The van der Waals surface area contributed by atoms with Crippen LogP contribution in [0.25, 0.3) is 0 Å². The van der Waals surface area contributed by atoms with Crippen molar-refractivity contribution in [2.24, 2.45) is 5.92 Å². The second-order valence-corrected chi connectivity index (χ2v) is 7.20. The van der Waals surface area contributed by atoms with E-state index >= 15 is 0 Å². The molecule has 20 heavy (non-hydrogen) atoms. The molecular weight excluding hydrogens is 274 g/mol. The molecule has 0 aromatic carbocycles. The van der Waals surface area contributed by atoms with Crippen LogP contribution in [0.2, 0.25) is 0 Å². The van der Waals surface area contributed by atoms with Crippen molar-refractivity contribution in [2.75, 3.05) is 31.9 Å². The van der Waals surface area contributed by atoms with Crippen molar-refractivity contribution in [2.45, 2.75) is 37.0 Å². The Labute approximate surface area is 124 Å². The van der Waals surface area contributed by atoms with E-state index in [4.69, 9.17) is 0 Å². The third-order valence-electron chi connectivity index (χ3n) is 4.65. The SMILES string of the molecule is O=C1NCC2C1CCCN2C(=O)CSC1CCNCC1. The van der Waals surface area contributed by atoms with Crippen LogP contribution in [-0.4, -0.2) is 59.9 Å². The normalized spacial score (nSPS) is 31.0. The maximum absolute atomic E-state index is 12.4. The standard InChI is InChI=1S/C14H23N3O2S/c18-13(9-20-10-3-5-15-6-4-10)17-7-1-2-11-12(17)8-16-14(11)19/h10-12,15H,1-9H2,(H,16,19). The summed E-state index contributed by atoms with van der Waals surface area (Å²) in [5, 5.41) is 6.87. The van der Waals surface area contributed by atoms with Crippen molar-refractivity contribution >= 4 is 23.6 Å². The molecule has 2 atom stereocenters. The third kappa shape index (κ3) is 2.96. The molecule has 5 nitrogen and oxygen atoms in total. The molecule has 3 aliphatic rings. The highest BCUT2D eigenvalue weighted by atomic mass is 32.2. The quantitative estimate of drug-likeness (QED) is 0.782. The molecule has 2 N–H and O–H groups in total. The largest absolute Gasteiger partial charge is 0.354 e. The maximum atomic E-state index is 12.4. The monoisotopic (exact) mass is 297 g/mol. The number of thioether (sulfide) groups is 1. The van der Waals surface area contributed by atoms with Gasteiger partial charge in [-0.3, -0.25) is 9.59 Å². The van der Waals surface area contributed by atoms with Crippen LogP contribution in [0.3, 0.4) is 0 Å². The topological polar surface area (TPSA) is 61.4 Å². The Balaban J connectivity index is 1.52. The van der Waals surface area contributed by atoms with Crippen LogP contribution in [0.4, 0.5) is 0 Å². The number of hydrogen-bond donors (Lipinski definition) is 2. The summed E-state index contributed by atoms with van der Waals surface area (Å²) >= 11 is 1.80. The lowest BCUT2D eigenvalue weighted by atomic mass is 9.91. The molecule has 2 unspecified atom stereocenters. The molecule has 3 heterocycles. The Bertz CT molecular complexity index is 385. The fourth-order valence-electron chi connectivity index (χ4n) is 3.50. The zero-order valence-corrected chi connectivity index (χ0v) is 12.6. The summed E-state index contributed by atoms with van der Waals surface area (Å²) in [6.07, 6.45) is 4.20. The van der Waals surface area contributed by atoms with Gasteiger partial charge in [-0.25, -0.2) is 0 Å². The van der Waals surface area contributed by atoms with Crippen LogP contribution in [-0.2, 0) is 9.59 Å². The lowest BCUT2D eigenvalue weighted by molar-refractivity contribution is -0.134. The van der Waals surface area contributed by atoms with Crippen molar-refractivity contribution < 1.29 is 9.59 Å². The molecule has 3 saturated heterocycles. The second-order valence-electron chi connectivity index (χ2n) is 5.91. The van der Waals surface area contributed by atoms with Gasteiger partial charge in [-0.05, 0) is 38.8 Å². The minimum atomic E-state index is 0.0385. The van der Waals surface area contributed by atoms with Crippen molar-refractivity contribution in [1.29, 1.82) is 0 Å². The minimum Gasteiger partial charge on any atom is -0.354 e. The highest BCUT2D eigenvalue weighted by molar-refractivity contribution is 8.00. The molecule has 0 radical (unpaired) electrons. The van der Waals surface area contributed by atoms with Crippen molar-refractivity contribution in [3.63, 3.8) is 0 Å². The Kier molecular flexibility index (Phi) is 4.51. The van der Waals surface area contributed by atoms with Gasteiger partial charge in [-0.15, -0.1) is 11.8 Å². The molecule has 3 rings (SSSR count). The average Bonchev–Trinajstić information content (AvgIpc) is 2.87. The predicted octanol–water partition coefficient (Wildman–Crippen LogP) is 0.209. The van der Waals surface area contributed by atoms with Crippen LogP contribution in [0.1, 0.15) is 25.7 Å². The fourth-order valence-corrected chi connectivity index (χ4v) is 4.61. The van der Waals surface area contributed by atoms with E-state index in [0.717, 1.165) is 45.3 Å². The Morgan fingerprint density at radius 3 is 2.90 bits per heavy atom. The van der Waals surface area contributed by atoms with Crippen LogP contribution in [0.15, 0.2) is 0 Å². The number of fused-ring (bicyclic) bond motifs is 1. The highest BCUT2D eigenvalue weighted by Gasteiger charge is 2.42. The molecule has 3 fully saturated rings. The van der Waals surface area contributed by atoms with Gasteiger partial charge in [0.15, 0.2) is 0 Å². The lowest BCUT2D eigenvalue weighted by Gasteiger charge is -2.36. The number of rotatable bonds is 3. The molecule has 0 aromatic heterocycles. The zero-order valence-electron chi connectivity index (χ0n) is 11.8. The first-order chi connectivity index (χ1) is 9.75. The Morgan fingerprint density at radius 2 is 2.10 bits per heavy atom. The van der Waals surface area contributed by atoms with E-state index in [1.807, 2.05) is 4.90 Å². The lowest BCUT2D eigenvalue weighted by Crippen LogP contribution is -2.49. The zero-order chi connectivity index (χ0) is 13.9. The molecule has 0 aromatic rings. The molecule has 2 amide bonds. The first kappa shape index (κ1) is 14.2. The molecule has 0 saturated carbocycles. The van der Waals surface area contributed by atoms with Gasteiger partial charge in [-0.2, -0.15) is 0 Å². The van der Waals surface area contributed by atoms with Gasteiger partial charge < -0.3 is 15.5 Å². The number of piperidine rings is 2. The molecule has 0 spiro atoms. The Hall–Kier alpha value is -0.750. The van der Waals surface area contributed by atoms with Gasteiger partial charge in [-0.1, -0.05) is 0 Å². The van der Waals surface area contributed by atoms with Gasteiger partial charge in [0.2, 0.25) is 11.8 Å². The van der Waals surface area contributed by atoms with Crippen LogP contribution in [0, 0.1) is 5.92 Å². The first-order valence-electron chi connectivity index (χ1n) is 7.65. The van der Waals surface area contributed by atoms with Crippen LogP contribution < -0.4 is 10.6 Å². The van der Waals surface area contributed by atoms with E-state index in [2.05, 4.69) is 10.6 Å². The van der Waals surface area contributed by atoms with Crippen LogP contribution >= 0.6 is 11.8 Å². The third-order valence-corrected chi connectivity index (χ3v) is 6.01. The Morgan fingerprint density at radius 1 is 1.30 bits per heavy atom. The van der Waals surface area contributed by atoms with E-state index in [1.54, 1.807) is 11.8 Å². The van der Waals surface area contributed by atoms with Crippen molar-refractivity contribution in [3.05, 3.63) is 0 Å². The van der Waals surface area contributed by atoms with Gasteiger partial charge in [0.25, 0.3) is 0 Å². The second kappa shape index (κ2) is 6.35. The molecule has 112 valence electrons. The first-order valence-corrected chi connectivity index (χ1v) is 8.70. The summed E-state index contributed by atoms with van der Waals surface area (Å²) in [5.74, 6) is 0.969. The molecule has 3 aliphatic heterocycles. The number of nitrogens with zero attached hydrogens (tertiary/aromatic N) is 1. The van der Waals surface area contributed by atoms with Gasteiger partial charge >= 0.3 is 0 Å². The summed E-state index contributed by atoms with van der Waals surface area (Å²) in [6, 6.07) is 0.109. The van der Waals surface area contributed by atoms with Gasteiger partial charge in [0.1, 0.15) is 0 Å². The molecule has 0 bridgehead atoms. The minimum absolute atomic E-state index is 0.0385. The fraction of sp³-hybridized carbons (Fsp3) is 0.857. The highest BCUT2D eigenvalue weighted by Crippen LogP contribution is 2.28. The van der Waals surface area contributed by atoms with E-state index < -0.39 is 0 Å². The van der Waals surface area contributed by atoms with Gasteiger partial charge in [0, 0.05) is 18.3 Å². The number of carbonyl (C=O) groups excluding carboxylic acids is 2. The van der Waals surface area contributed by atoms with E-state index in [-0.39, 0.29) is 23.8 Å². The van der Waals surface area contributed by atoms with Crippen molar-refractivity contribution in [3.8, 4) is 0 Å². The summed E-state index contributed by atoms with van der Waals surface area (Å²) < 4.78 is 0. The number of carbonyl (C=O) groups is 2.